The largest absolute Gasteiger partial charge is 0.350 e. The highest BCUT2D eigenvalue weighted by atomic mass is 16.2. The Kier molecular flexibility index (Phi) is 3.82. The third-order valence-corrected chi connectivity index (χ3v) is 3.10. The highest BCUT2D eigenvalue weighted by Crippen LogP contribution is 2.14. The number of aromatic amines is 2. The van der Waals surface area contributed by atoms with Gasteiger partial charge < -0.3 is 10.6 Å². The summed E-state index contributed by atoms with van der Waals surface area (Å²) in [4.78, 5) is 23.7. The molecule has 0 spiro atoms. The zero-order valence-electron chi connectivity index (χ0n) is 11.6. The van der Waals surface area contributed by atoms with Crippen molar-refractivity contribution >= 4 is 28.5 Å². The van der Waals surface area contributed by atoms with Crippen molar-refractivity contribution < 1.29 is 9.59 Å². The van der Waals surface area contributed by atoms with Crippen LogP contribution < -0.4 is 10.6 Å². The molecule has 3 rings (SSSR count). The van der Waals surface area contributed by atoms with Crippen LogP contribution in [0.25, 0.3) is 10.9 Å². The summed E-state index contributed by atoms with van der Waals surface area (Å²) in [7, 11) is 0. The zero-order chi connectivity index (χ0) is 15.4. The molecule has 4 N–H and O–H groups in total. The maximum Gasteiger partial charge on any atom is 0.272 e. The van der Waals surface area contributed by atoms with Gasteiger partial charge in [0.2, 0.25) is 5.91 Å². The quantitative estimate of drug-likeness (QED) is 0.563. The Bertz CT molecular complexity index is 793. The van der Waals surface area contributed by atoms with E-state index >= 15 is 0 Å². The standard InChI is InChI=1S/C14H14N6O2/c21-12(17-11-5-8-16-19-11)6-7-15-14(22)13-9-3-1-2-4-10(9)18-20-13/h1-5,8H,6-7H2,(H,15,22)(H,18,20)(H2,16,17,19,21). The van der Waals surface area contributed by atoms with Crippen LogP contribution in [-0.4, -0.2) is 38.8 Å². The Hall–Kier alpha value is -3.16. The van der Waals surface area contributed by atoms with E-state index in [-0.39, 0.29) is 24.8 Å². The fourth-order valence-corrected chi connectivity index (χ4v) is 2.05. The second-order valence-electron chi connectivity index (χ2n) is 4.64. The molecule has 0 atom stereocenters. The van der Waals surface area contributed by atoms with Gasteiger partial charge in [0.05, 0.1) is 11.7 Å². The van der Waals surface area contributed by atoms with Gasteiger partial charge in [0, 0.05) is 24.4 Å². The van der Waals surface area contributed by atoms with Gasteiger partial charge in [0.15, 0.2) is 5.69 Å². The monoisotopic (exact) mass is 298 g/mol. The second kappa shape index (κ2) is 6.08. The number of fused-ring (bicyclic) bond motifs is 1. The van der Waals surface area contributed by atoms with Crippen molar-refractivity contribution in [3.8, 4) is 0 Å². The number of carbonyl (C=O) groups is 2. The lowest BCUT2D eigenvalue weighted by Gasteiger charge is -2.04. The normalized spacial score (nSPS) is 10.5. The van der Waals surface area contributed by atoms with E-state index in [1.165, 1.54) is 0 Å². The number of aromatic nitrogens is 4. The molecule has 112 valence electrons. The molecule has 8 heteroatoms. The van der Waals surface area contributed by atoms with Crippen molar-refractivity contribution in [2.75, 3.05) is 11.9 Å². The third-order valence-electron chi connectivity index (χ3n) is 3.10. The lowest BCUT2D eigenvalue weighted by Crippen LogP contribution is -2.28. The highest BCUT2D eigenvalue weighted by Gasteiger charge is 2.13. The van der Waals surface area contributed by atoms with Crippen LogP contribution in [0.5, 0.6) is 0 Å². The van der Waals surface area contributed by atoms with E-state index in [0.717, 1.165) is 10.9 Å². The molecule has 0 radical (unpaired) electrons. The molecule has 0 saturated heterocycles. The summed E-state index contributed by atoms with van der Waals surface area (Å²) in [5.74, 6) is -0.00199. The van der Waals surface area contributed by atoms with E-state index in [1.807, 2.05) is 24.3 Å². The summed E-state index contributed by atoms with van der Waals surface area (Å²) in [6, 6.07) is 9.01. The predicted octanol–water partition coefficient (Wildman–Crippen LogP) is 1.04. The lowest BCUT2D eigenvalue weighted by atomic mass is 10.2. The van der Waals surface area contributed by atoms with Gasteiger partial charge >= 0.3 is 0 Å². The SMILES string of the molecule is O=C(CCNC(=O)c1n[nH]c2ccccc12)Nc1ccn[nH]1. The van der Waals surface area contributed by atoms with Crippen LogP contribution in [-0.2, 0) is 4.79 Å². The molecule has 0 aliphatic rings. The van der Waals surface area contributed by atoms with E-state index in [2.05, 4.69) is 31.0 Å². The average Bonchev–Trinajstić information content (AvgIpc) is 3.16. The summed E-state index contributed by atoms with van der Waals surface area (Å²) in [6.45, 7) is 0.222. The second-order valence-corrected chi connectivity index (χ2v) is 4.64. The fraction of sp³-hybridized carbons (Fsp3) is 0.143. The van der Waals surface area contributed by atoms with E-state index in [1.54, 1.807) is 12.3 Å². The van der Waals surface area contributed by atoms with Gasteiger partial charge in [-0.05, 0) is 6.07 Å². The van der Waals surface area contributed by atoms with Gasteiger partial charge in [-0.3, -0.25) is 19.8 Å². The van der Waals surface area contributed by atoms with Crippen LogP contribution in [0.1, 0.15) is 16.9 Å². The van der Waals surface area contributed by atoms with Gasteiger partial charge in [0.1, 0.15) is 5.82 Å². The summed E-state index contributed by atoms with van der Waals surface area (Å²) in [6.07, 6.45) is 1.70. The van der Waals surface area contributed by atoms with E-state index in [4.69, 9.17) is 0 Å². The Morgan fingerprint density at radius 2 is 2.00 bits per heavy atom. The number of rotatable bonds is 5. The van der Waals surface area contributed by atoms with Crippen LogP contribution in [0.15, 0.2) is 36.5 Å². The van der Waals surface area contributed by atoms with Crippen LogP contribution >= 0.6 is 0 Å². The topological polar surface area (TPSA) is 116 Å². The van der Waals surface area contributed by atoms with Crippen molar-refractivity contribution in [1.29, 1.82) is 0 Å². The minimum atomic E-state index is -0.313. The Balaban J connectivity index is 1.53. The number of benzene rings is 1. The molecule has 0 aliphatic carbocycles. The first-order valence-electron chi connectivity index (χ1n) is 6.74. The molecule has 0 bridgehead atoms. The highest BCUT2D eigenvalue weighted by molar-refractivity contribution is 6.04. The van der Waals surface area contributed by atoms with Crippen LogP contribution in [0.2, 0.25) is 0 Å². The molecule has 2 heterocycles. The number of nitrogens with zero attached hydrogens (tertiary/aromatic N) is 2. The maximum absolute atomic E-state index is 12.1. The van der Waals surface area contributed by atoms with Crippen LogP contribution in [0.4, 0.5) is 5.82 Å². The number of carbonyl (C=O) groups excluding carboxylic acids is 2. The number of nitrogens with one attached hydrogen (secondary N) is 4. The molecule has 2 aromatic heterocycles. The first kappa shape index (κ1) is 13.8. The molecule has 0 aliphatic heterocycles. The van der Waals surface area contributed by atoms with Crippen molar-refractivity contribution in [3.05, 3.63) is 42.2 Å². The molecule has 1 aromatic carbocycles. The number of hydrogen-bond acceptors (Lipinski definition) is 4. The molecule has 2 amide bonds. The summed E-state index contributed by atoms with van der Waals surface area (Å²) in [5.41, 5.74) is 1.12. The molecular weight excluding hydrogens is 284 g/mol. The number of hydrogen-bond donors (Lipinski definition) is 4. The Morgan fingerprint density at radius 1 is 1.14 bits per heavy atom. The molecule has 0 fully saturated rings. The van der Waals surface area contributed by atoms with E-state index in [0.29, 0.717) is 11.5 Å². The third kappa shape index (κ3) is 2.95. The first-order chi connectivity index (χ1) is 10.7. The van der Waals surface area contributed by atoms with Crippen molar-refractivity contribution in [2.45, 2.75) is 6.42 Å². The maximum atomic E-state index is 12.1. The Morgan fingerprint density at radius 3 is 2.82 bits per heavy atom. The van der Waals surface area contributed by atoms with Gasteiger partial charge in [-0.2, -0.15) is 10.2 Å². The molecule has 3 aromatic rings. The molecular formula is C14H14N6O2. The molecule has 0 saturated carbocycles. The first-order valence-corrected chi connectivity index (χ1v) is 6.74. The van der Waals surface area contributed by atoms with Crippen LogP contribution in [0, 0.1) is 0 Å². The van der Waals surface area contributed by atoms with Gasteiger partial charge in [0.25, 0.3) is 5.91 Å². The Labute approximate surface area is 125 Å². The minimum absolute atomic E-state index is 0.160. The summed E-state index contributed by atoms with van der Waals surface area (Å²) in [5, 5.41) is 19.2. The van der Waals surface area contributed by atoms with Gasteiger partial charge in [-0.25, -0.2) is 0 Å². The zero-order valence-corrected chi connectivity index (χ0v) is 11.6. The van der Waals surface area contributed by atoms with Gasteiger partial charge in [-0.15, -0.1) is 0 Å². The van der Waals surface area contributed by atoms with Crippen molar-refractivity contribution in [1.82, 2.24) is 25.7 Å². The molecule has 8 nitrogen and oxygen atoms in total. The number of H-pyrrole nitrogens is 2. The lowest BCUT2D eigenvalue weighted by molar-refractivity contribution is -0.116. The summed E-state index contributed by atoms with van der Waals surface area (Å²) < 4.78 is 0. The van der Waals surface area contributed by atoms with Crippen molar-refractivity contribution in [2.24, 2.45) is 0 Å². The minimum Gasteiger partial charge on any atom is -0.350 e. The van der Waals surface area contributed by atoms with Crippen molar-refractivity contribution in [3.63, 3.8) is 0 Å². The fourth-order valence-electron chi connectivity index (χ4n) is 2.05. The van der Waals surface area contributed by atoms with Crippen LogP contribution in [0.3, 0.4) is 0 Å². The molecule has 0 unspecified atom stereocenters. The number of amides is 2. The number of para-hydroxylation sites is 1. The average molecular weight is 298 g/mol. The smallest absolute Gasteiger partial charge is 0.272 e. The van der Waals surface area contributed by atoms with E-state index < -0.39 is 0 Å². The number of anilines is 1. The summed E-state index contributed by atoms with van der Waals surface area (Å²) >= 11 is 0. The predicted molar refractivity (Wildman–Crippen MR) is 80.3 cm³/mol. The van der Waals surface area contributed by atoms with E-state index in [9.17, 15) is 9.59 Å². The van der Waals surface area contributed by atoms with Gasteiger partial charge in [-0.1, -0.05) is 18.2 Å². The molecule has 22 heavy (non-hydrogen) atoms.